The van der Waals surface area contributed by atoms with Crippen LogP contribution in [0, 0.1) is 11.8 Å². The van der Waals surface area contributed by atoms with Crippen LogP contribution >= 0.6 is 11.3 Å². The normalized spacial score (nSPS) is 22.4. The van der Waals surface area contributed by atoms with Crippen molar-refractivity contribution in [3.05, 3.63) is 21.9 Å². The van der Waals surface area contributed by atoms with Crippen LogP contribution in [0.15, 0.2) is 12.1 Å². The van der Waals surface area contributed by atoms with Gasteiger partial charge in [0.25, 0.3) is 5.91 Å². The van der Waals surface area contributed by atoms with E-state index in [9.17, 15) is 4.79 Å². The zero-order valence-corrected chi connectivity index (χ0v) is 13.4. The first kappa shape index (κ1) is 16.0. The highest BCUT2D eigenvalue weighted by Gasteiger charge is 2.24. The molecule has 0 aliphatic carbocycles. The highest BCUT2D eigenvalue weighted by atomic mass is 32.1. The number of likely N-dealkylation sites (tertiary alicyclic amines) is 1. The van der Waals surface area contributed by atoms with Crippen molar-refractivity contribution in [3.8, 4) is 11.8 Å². The smallest absolute Gasteiger partial charge is 0.261 e. The van der Waals surface area contributed by atoms with Crippen molar-refractivity contribution < 1.29 is 9.90 Å². The molecule has 1 aliphatic rings. The topological polar surface area (TPSA) is 52.6 Å². The van der Waals surface area contributed by atoms with E-state index in [0.29, 0.717) is 17.3 Å². The second kappa shape index (κ2) is 7.60. The number of aliphatic hydroxyl groups is 1. The van der Waals surface area contributed by atoms with E-state index in [4.69, 9.17) is 5.11 Å². The molecule has 0 radical (unpaired) electrons. The molecule has 1 fully saturated rings. The van der Waals surface area contributed by atoms with Crippen LogP contribution in [0.3, 0.4) is 0 Å². The first-order valence-electron chi connectivity index (χ1n) is 7.31. The van der Waals surface area contributed by atoms with Crippen LogP contribution in [0.4, 0.5) is 0 Å². The molecule has 1 aromatic heterocycles. The van der Waals surface area contributed by atoms with Gasteiger partial charge in [-0.25, -0.2) is 0 Å². The largest absolute Gasteiger partial charge is 0.395 e. The number of aliphatic hydroxyl groups excluding tert-OH is 1. The van der Waals surface area contributed by atoms with Crippen LogP contribution in [-0.4, -0.2) is 48.2 Å². The molecular formula is C16H22N2O2S. The van der Waals surface area contributed by atoms with E-state index >= 15 is 0 Å². The zero-order valence-electron chi connectivity index (χ0n) is 12.6. The molecule has 114 valence electrons. The highest BCUT2D eigenvalue weighted by Crippen LogP contribution is 2.18. The number of hydrogen-bond acceptors (Lipinski definition) is 4. The summed E-state index contributed by atoms with van der Waals surface area (Å²) in [6, 6.07) is 4.45. The SMILES string of the molecule is CC1CC(NC(=O)c2ccc(C#CCCO)s2)CCN1C. The maximum absolute atomic E-state index is 12.2. The standard InChI is InChI=1S/C16H22N2O2S/c1-12-11-13(8-9-18(12)2)17-16(20)15-7-6-14(21-15)5-3-4-10-19/h6-7,12-13,19H,4,8-11H2,1-2H3,(H,17,20). The Morgan fingerprint density at radius 2 is 2.38 bits per heavy atom. The summed E-state index contributed by atoms with van der Waals surface area (Å²) in [5, 5.41) is 11.8. The molecule has 0 saturated carbocycles. The number of carbonyl (C=O) groups excluding carboxylic acids is 1. The Hall–Kier alpha value is -1.35. The van der Waals surface area contributed by atoms with E-state index in [-0.39, 0.29) is 18.6 Å². The predicted molar refractivity (Wildman–Crippen MR) is 85.5 cm³/mol. The third kappa shape index (κ3) is 4.57. The van der Waals surface area contributed by atoms with E-state index < -0.39 is 0 Å². The van der Waals surface area contributed by atoms with Crippen molar-refractivity contribution in [1.29, 1.82) is 0 Å². The predicted octanol–water partition coefficient (Wildman–Crippen LogP) is 1.69. The van der Waals surface area contributed by atoms with Crippen molar-refractivity contribution in [2.24, 2.45) is 0 Å². The summed E-state index contributed by atoms with van der Waals surface area (Å²) in [5.41, 5.74) is 0. The van der Waals surface area contributed by atoms with Crippen LogP contribution in [0.1, 0.15) is 40.7 Å². The fraction of sp³-hybridized carbons (Fsp3) is 0.562. The Labute approximate surface area is 130 Å². The van der Waals surface area contributed by atoms with Crippen LogP contribution in [-0.2, 0) is 0 Å². The number of carbonyl (C=O) groups is 1. The van der Waals surface area contributed by atoms with Crippen molar-refractivity contribution in [2.45, 2.75) is 38.3 Å². The molecular weight excluding hydrogens is 284 g/mol. The molecule has 0 bridgehead atoms. The van der Waals surface area contributed by atoms with Crippen molar-refractivity contribution >= 4 is 17.2 Å². The third-order valence-corrected chi connectivity index (χ3v) is 4.82. The molecule has 1 saturated heterocycles. The van der Waals surface area contributed by atoms with E-state index in [0.717, 1.165) is 24.3 Å². The summed E-state index contributed by atoms with van der Waals surface area (Å²) in [4.78, 5) is 16.1. The van der Waals surface area contributed by atoms with Gasteiger partial charge in [-0.1, -0.05) is 11.8 Å². The van der Waals surface area contributed by atoms with Crippen molar-refractivity contribution in [2.75, 3.05) is 20.2 Å². The van der Waals surface area contributed by atoms with Crippen LogP contribution in [0.25, 0.3) is 0 Å². The van der Waals surface area contributed by atoms with Gasteiger partial charge in [-0.2, -0.15) is 0 Å². The first-order valence-corrected chi connectivity index (χ1v) is 8.12. The second-order valence-corrected chi connectivity index (χ2v) is 6.55. The van der Waals surface area contributed by atoms with Gasteiger partial charge < -0.3 is 15.3 Å². The van der Waals surface area contributed by atoms with Gasteiger partial charge >= 0.3 is 0 Å². The Morgan fingerprint density at radius 3 is 3.10 bits per heavy atom. The molecule has 2 heterocycles. The van der Waals surface area contributed by atoms with Gasteiger partial charge in [0.1, 0.15) is 0 Å². The molecule has 2 unspecified atom stereocenters. The molecule has 5 heteroatoms. The van der Waals surface area contributed by atoms with Gasteiger partial charge in [-0.3, -0.25) is 4.79 Å². The maximum atomic E-state index is 12.2. The van der Waals surface area contributed by atoms with E-state index in [1.807, 2.05) is 12.1 Å². The minimum Gasteiger partial charge on any atom is -0.395 e. The van der Waals surface area contributed by atoms with Gasteiger partial charge in [-0.15, -0.1) is 11.3 Å². The molecule has 2 rings (SSSR count). The van der Waals surface area contributed by atoms with Crippen molar-refractivity contribution in [3.63, 3.8) is 0 Å². The van der Waals surface area contributed by atoms with E-state index in [2.05, 4.69) is 36.0 Å². The maximum Gasteiger partial charge on any atom is 0.261 e. The second-order valence-electron chi connectivity index (χ2n) is 5.46. The lowest BCUT2D eigenvalue weighted by atomic mass is 9.99. The summed E-state index contributed by atoms with van der Waals surface area (Å²) < 4.78 is 0. The van der Waals surface area contributed by atoms with E-state index in [1.165, 1.54) is 11.3 Å². The van der Waals surface area contributed by atoms with Crippen molar-refractivity contribution in [1.82, 2.24) is 10.2 Å². The number of hydrogen-bond donors (Lipinski definition) is 2. The average Bonchev–Trinajstić information content (AvgIpc) is 2.92. The number of thiophene rings is 1. The lowest BCUT2D eigenvalue weighted by Crippen LogP contribution is -2.47. The molecule has 1 aromatic rings. The van der Waals surface area contributed by atoms with Gasteiger partial charge in [0.15, 0.2) is 0 Å². The quantitative estimate of drug-likeness (QED) is 0.836. The van der Waals surface area contributed by atoms with Crippen LogP contribution in [0.2, 0.25) is 0 Å². The monoisotopic (exact) mass is 306 g/mol. The van der Waals surface area contributed by atoms with Gasteiger partial charge in [-0.05, 0) is 38.9 Å². The minimum absolute atomic E-state index is 0.00281. The Balaban J connectivity index is 1.91. The van der Waals surface area contributed by atoms with Gasteiger partial charge in [0.2, 0.25) is 0 Å². The summed E-state index contributed by atoms with van der Waals surface area (Å²) in [6.07, 6.45) is 2.46. The van der Waals surface area contributed by atoms with Gasteiger partial charge in [0.05, 0.1) is 16.4 Å². The highest BCUT2D eigenvalue weighted by molar-refractivity contribution is 7.14. The number of nitrogens with zero attached hydrogens (tertiary/aromatic N) is 1. The third-order valence-electron chi connectivity index (χ3n) is 3.82. The average molecular weight is 306 g/mol. The summed E-state index contributed by atoms with van der Waals surface area (Å²) in [6.45, 7) is 3.28. The summed E-state index contributed by atoms with van der Waals surface area (Å²) in [7, 11) is 2.12. The molecule has 2 N–H and O–H groups in total. The van der Waals surface area contributed by atoms with Crippen LogP contribution in [0.5, 0.6) is 0 Å². The molecule has 1 amide bonds. The lowest BCUT2D eigenvalue weighted by molar-refractivity contribution is 0.0900. The zero-order chi connectivity index (χ0) is 15.2. The molecule has 21 heavy (non-hydrogen) atoms. The van der Waals surface area contributed by atoms with Crippen LogP contribution < -0.4 is 5.32 Å². The molecule has 2 atom stereocenters. The summed E-state index contributed by atoms with van der Waals surface area (Å²) >= 11 is 1.40. The molecule has 0 spiro atoms. The number of amides is 1. The Kier molecular flexibility index (Phi) is 5.80. The molecule has 0 aromatic carbocycles. The number of piperidine rings is 1. The minimum atomic E-state index is -0.00281. The molecule has 1 aliphatic heterocycles. The number of nitrogens with one attached hydrogen (secondary N) is 1. The fourth-order valence-corrected chi connectivity index (χ4v) is 3.19. The van der Waals surface area contributed by atoms with Gasteiger partial charge in [0, 0.05) is 25.0 Å². The Bertz CT molecular complexity index is 544. The fourth-order valence-electron chi connectivity index (χ4n) is 2.41. The first-order chi connectivity index (χ1) is 10.1. The van der Waals surface area contributed by atoms with E-state index in [1.54, 1.807) is 0 Å². The lowest BCUT2D eigenvalue weighted by Gasteiger charge is -2.35. The Morgan fingerprint density at radius 1 is 1.57 bits per heavy atom. The number of rotatable bonds is 3. The molecule has 4 nitrogen and oxygen atoms in total. The summed E-state index contributed by atoms with van der Waals surface area (Å²) in [5.74, 6) is 5.83.